The van der Waals surface area contributed by atoms with Crippen LogP contribution in [-0.2, 0) is 0 Å². The van der Waals surface area contributed by atoms with E-state index >= 15 is 0 Å². The van der Waals surface area contributed by atoms with Gasteiger partial charge in [-0.15, -0.1) is 0 Å². The van der Waals surface area contributed by atoms with Crippen molar-refractivity contribution in [2.24, 2.45) is 0 Å². The zero-order valence-corrected chi connectivity index (χ0v) is 11.0. The lowest BCUT2D eigenvalue weighted by atomic mass is 10.1. The number of benzene rings is 2. The summed E-state index contributed by atoms with van der Waals surface area (Å²) in [5.41, 5.74) is 8.48. The molecule has 4 nitrogen and oxygen atoms in total. The quantitative estimate of drug-likeness (QED) is 0.783. The summed E-state index contributed by atoms with van der Waals surface area (Å²) in [6, 6.07) is 15.4. The van der Waals surface area contributed by atoms with Crippen LogP contribution in [0.4, 0.5) is 10.1 Å². The summed E-state index contributed by atoms with van der Waals surface area (Å²) in [6.07, 6.45) is 1.56. The molecule has 0 radical (unpaired) electrons. The molecule has 2 aromatic carbocycles. The third-order valence-electron chi connectivity index (χ3n) is 3.11. The van der Waals surface area contributed by atoms with E-state index in [1.165, 1.54) is 10.7 Å². The molecule has 3 aromatic rings. The topological polar surface area (TPSA) is 67.6 Å². The molecule has 102 valence electrons. The van der Waals surface area contributed by atoms with Crippen LogP contribution in [0.25, 0.3) is 16.9 Å². The van der Waals surface area contributed by atoms with Crippen molar-refractivity contribution in [3.63, 3.8) is 0 Å². The molecule has 21 heavy (non-hydrogen) atoms. The van der Waals surface area contributed by atoms with E-state index in [0.29, 0.717) is 22.6 Å². The number of nitrogen functional groups attached to an aromatic ring is 1. The first-order chi connectivity index (χ1) is 10.2. The van der Waals surface area contributed by atoms with Crippen molar-refractivity contribution in [3.05, 3.63) is 66.1 Å². The zero-order chi connectivity index (χ0) is 14.8. The molecule has 0 aliphatic rings. The van der Waals surface area contributed by atoms with Crippen molar-refractivity contribution < 1.29 is 4.39 Å². The van der Waals surface area contributed by atoms with Gasteiger partial charge in [-0.25, -0.2) is 9.07 Å². The molecule has 1 aromatic heterocycles. The van der Waals surface area contributed by atoms with Gasteiger partial charge in [0.2, 0.25) is 0 Å². The molecule has 3 rings (SSSR count). The summed E-state index contributed by atoms with van der Waals surface area (Å²) in [6.45, 7) is 0. The van der Waals surface area contributed by atoms with Crippen molar-refractivity contribution in [2.45, 2.75) is 0 Å². The molecule has 1 heterocycles. The smallest absolute Gasteiger partial charge is 0.148 e. The molecule has 0 saturated carbocycles. The largest absolute Gasteiger partial charge is 0.396 e. The Morgan fingerprint density at radius 1 is 1.14 bits per heavy atom. The van der Waals surface area contributed by atoms with Crippen molar-refractivity contribution in [2.75, 3.05) is 5.73 Å². The number of hydrogen-bond donors (Lipinski definition) is 1. The lowest BCUT2D eigenvalue weighted by Gasteiger charge is -2.02. The number of nitrogens with zero attached hydrogens (tertiary/aromatic N) is 3. The van der Waals surface area contributed by atoms with Crippen molar-refractivity contribution in [3.8, 4) is 23.0 Å². The van der Waals surface area contributed by atoms with Gasteiger partial charge in [0, 0.05) is 5.56 Å². The highest BCUT2D eigenvalue weighted by molar-refractivity contribution is 5.73. The van der Waals surface area contributed by atoms with Crippen LogP contribution in [0.2, 0.25) is 0 Å². The van der Waals surface area contributed by atoms with Gasteiger partial charge in [0.05, 0.1) is 23.5 Å². The van der Waals surface area contributed by atoms with Crippen LogP contribution >= 0.6 is 0 Å². The van der Waals surface area contributed by atoms with Gasteiger partial charge in [0.1, 0.15) is 17.2 Å². The standard InChI is InChI=1S/C16H11FN4/c17-13-6-1-2-7-15(13)21-10-14(19)16(20-21)12-5-3-4-11(8-12)9-18/h1-8,10H,19H2. The van der Waals surface area contributed by atoms with Crippen LogP contribution in [0.3, 0.4) is 0 Å². The zero-order valence-electron chi connectivity index (χ0n) is 11.0. The number of nitrogens with two attached hydrogens (primary N) is 1. The fourth-order valence-electron chi connectivity index (χ4n) is 2.11. The second kappa shape index (κ2) is 5.10. The summed E-state index contributed by atoms with van der Waals surface area (Å²) < 4.78 is 15.2. The van der Waals surface area contributed by atoms with Gasteiger partial charge in [0.15, 0.2) is 0 Å². The summed E-state index contributed by atoms with van der Waals surface area (Å²) in [5, 5.41) is 13.3. The number of anilines is 1. The third kappa shape index (κ3) is 2.35. The summed E-state index contributed by atoms with van der Waals surface area (Å²) in [4.78, 5) is 0. The minimum Gasteiger partial charge on any atom is -0.396 e. The maximum absolute atomic E-state index is 13.8. The Morgan fingerprint density at radius 2 is 1.95 bits per heavy atom. The summed E-state index contributed by atoms with van der Waals surface area (Å²) >= 11 is 0. The van der Waals surface area contributed by atoms with Crippen molar-refractivity contribution in [1.29, 1.82) is 5.26 Å². The van der Waals surface area contributed by atoms with Crippen LogP contribution in [0.5, 0.6) is 0 Å². The lowest BCUT2D eigenvalue weighted by molar-refractivity contribution is 0.611. The fourth-order valence-corrected chi connectivity index (χ4v) is 2.11. The van der Waals surface area contributed by atoms with Gasteiger partial charge >= 0.3 is 0 Å². The average molecular weight is 278 g/mol. The molecule has 0 saturated heterocycles. The molecule has 2 N–H and O–H groups in total. The van der Waals surface area contributed by atoms with Gasteiger partial charge in [-0.05, 0) is 24.3 Å². The van der Waals surface area contributed by atoms with Crippen LogP contribution in [-0.4, -0.2) is 9.78 Å². The highest BCUT2D eigenvalue weighted by Crippen LogP contribution is 2.26. The van der Waals surface area contributed by atoms with Gasteiger partial charge in [-0.1, -0.05) is 24.3 Å². The Bertz CT molecular complexity index is 845. The minimum atomic E-state index is -0.377. The van der Waals surface area contributed by atoms with E-state index in [0.717, 1.165) is 5.56 Å². The van der Waals surface area contributed by atoms with Gasteiger partial charge in [-0.3, -0.25) is 0 Å². The summed E-state index contributed by atoms with van der Waals surface area (Å²) in [7, 11) is 0. The van der Waals surface area contributed by atoms with Crippen LogP contribution < -0.4 is 5.73 Å². The first kappa shape index (κ1) is 12.9. The average Bonchev–Trinajstić information content (AvgIpc) is 2.89. The van der Waals surface area contributed by atoms with E-state index in [1.54, 1.807) is 42.6 Å². The minimum absolute atomic E-state index is 0.326. The second-order valence-corrected chi connectivity index (χ2v) is 4.52. The van der Waals surface area contributed by atoms with Gasteiger partial charge in [-0.2, -0.15) is 10.4 Å². The molecule has 0 aliphatic carbocycles. The molecule has 0 bridgehead atoms. The maximum Gasteiger partial charge on any atom is 0.148 e. The molecule has 0 fully saturated rings. The van der Waals surface area contributed by atoms with Crippen LogP contribution in [0.1, 0.15) is 5.56 Å². The Labute approximate surface area is 120 Å². The number of aromatic nitrogens is 2. The number of nitriles is 1. The fraction of sp³-hybridized carbons (Fsp3) is 0. The maximum atomic E-state index is 13.8. The predicted octanol–water partition coefficient (Wildman–Crippen LogP) is 3.13. The van der Waals surface area contributed by atoms with Crippen LogP contribution in [0, 0.1) is 17.1 Å². The Balaban J connectivity index is 2.10. The summed E-state index contributed by atoms with van der Waals surface area (Å²) in [5.74, 6) is -0.377. The van der Waals surface area contributed by atoms with E-state index in [1.807, 2.05) is 6.07 Å². The van der Waals surface area contributed by atoms with Crippen LogP contribution in [0.15, 0.2) is 54.7 Å². The highest BCUT2D eigenvalue weighted by Gasteiger charge is 2.12. The van der Waals surface area contributed by atoms with Crippen molar-refractivity contribution in [1.82, 2.24) is 9.78 Å². The molecule has 0 atom stereocenters. The van der Waals surface area contributed by atoms with E-state index in [9.17, 15) is 4.39 Å². The van der Waals surface area contributed by atoms with E-state index in [2.05, 4.69) is 11.2 Å². The highest BCUT2D eigenvalue weighted by atomic mass is 19.1. The first-order valence-corrected chi connectivity index (χ1v) is 6.29. The number of rotatable bonds is 2. The molecule has 0 spiro atoms. The normalized spacial score (nSPS) is 10.3. The van der Waals surface area contributed by atoms with E-state index < -0.39 is 0 Å². The molecule has 0 amide bonds. The molecule has 0 unspecified atom stereocenters. The van der Waals surface area contributed by atoms with Gasteiger partial charge in [0.25, 0.3) is 0 Å². The molecule has 5 heteroatoms. The number of para-hydroxylation sites is 1. The molecular weight excluding hydrogens is 267 g/mol. The molecule has 0 aliphatic heterocycles. The Hall–Kier alpha value is -3.13. The lowest BCUT2D eigenvalue weighted by Crippen LogP contribution is -1.98. The second-order valence-electron chi connectivity index (χ2n) is 4.52. The predicted molar refractivity (Wildman–Crippen MR) is 78.1 cm³/mol. The molecular formula is C16H11FN4. The Kier molecular flexibility index (Phi) is 3.13. The number of hydrogen-bond acceptors (Lipinski definition) is 3. The van der Waals surface area contributed by atoms with E-state index in [-0.39, 0.29) is 5.82 Å². The SMILES string of the molecule is N#Cc1cccc(-c2nn(-c3ccccc3F)cc2N)c1. The van der Waals surface area contributed by atoms with Crippen molar-refractivity contribution >= 4 is 5.69 Å². The monoisotopic (exact) mass is 278 g/mol. The van der Waals surface area contributed by atoms with Gasteiger partial charge < -0.3 is 5.73 Å². The third-order valence-corrected chi connectivity index (χ3v) is 3.11. The van der Waals surface area contributed by atoms with E-state index in [4.69, 9.17) is 11.0 Å². The number of halogens is 1. The first-order valence-electron chi connectivity index (χ1n) is 6.29. The Morgan fingerprint density at radius 3 is 2.71 bits per heavy atom.